The topological polar surface area (TPSA) is 85.4 Å². The summed E-state index contributed by atoms with van der Waals surface area (Å²) in [6.07, 6.45) is -2.17. The summed E-state index contributed by atoms with van der Waals surface area (Å²) in [7, 11) is 0. The molecule has 1 aliphatic rings. The largest absolute Gasteiger partial charge is 0.443 e. The van der Waals surface area contributed by atoms with E-state index in [1.165, 1.54) is 0 Å². The molecule has 0 spiro atoms. The minimum Gasteiger partial charge on any atom is -0.443 e. The molecule has 0 aromatic heterocycles. The van der Waals surface area contributed by atoms with Gasteiger partial charge < -0.3 is 14.2 Å². The molecule has 8 nitrogen and oxygen atoms in total. The maximum Gasteiger partial charge on any atom is 0.432 e. The number of amides is 2. The fourth-order valence-corrected chi connectivity index (χ4v) is 2.53. The first-order chi connectivity index (χ1) is 13.4. The number of hydrogen-bond donors (Lipinski definition) is 0. The maximum absolute atomic E-state index is 12.8. The molecule has 2 rings (SSSR count). The van der Waals surface area contributed by atoms with Gasteiger partial charge in [0.2, 0.25) is 6.23 Å². The normalized spacial score (nSPS) is 17.1. The van der Waals surface area contributed by atoms with E-state index < -0.39 is 35.4 Å². The third kappa shape index (κ3) is 6.37. The number of benzene rings is 1. The first-order valence-electron chi connectivity index (χ1n) is 9.60. The van der Waals surface area contributed by atoms with Crippen molar-refractivity contribution in [2.24, 2.45) is 5.41 Å². The Hall–Kier alpha value is -2.77. The van der Waals surface area contributed by atoms with Crippen molar-refractivity contribution in [3.8, 4) is 0 Å². The van der Waals surface area contributed by atoms with Crippen molar-refractivity contribution in [3.63, 3.8) is 0 Å². The summed E-state index contributed by atoms with van der Waals surface area (Å²) in [6.45, 7) is 10.5. The van der Waals surface area contributed by atoms with Gasteiger partial charge >= 0.3 is 18.2 Å². The molecular formula is C21H30N2O6. The van der Waals surface area contributed by atoms with E-state index in [9.17, 15) is 14.4 Å². The highest BCUT2D eigenvalue weighted by atomic mass is 16.6. The number of carbonyl (C=O) groups excluding carboxylic acids is 3. The molecule has 2 amide bonds. The zero-order chi connectivity index (χ0) is 21.8. The van der Waals surface area contributed by atoms with E-state index in [4.69, 9.17) is 14.2 Å². The zero-order valence-corrected chi connectivity index (χ0v) is 17.9. The van der Waals surface area contributed by atoms with E-state index in [0.29, 0.717) is 0 Å². The third-order valence-corrected chi connectivity index (χ3v) is 3.97. The number of esters is 1. The molecule has 0 N–H and O–H groups in total. The van der Waals surface area contributed by atoms with Crippen LogP contribution in [0.1, 0.15) is 53.5 Å². The van der Waals surface area contributed by atoms with Crippen molar-refractivity contribution in [3.05, 3.63) is 35.9 Å². The van der Waals surface area contributed by atoms with Crippen LogP contribution in [0.2, 0.25) is 0 Å². The molecule has 0 aliphatic carbocycles. The molecule has 1 fully saturated rings. The van der Waals surface area contributed by atoms with E-state index in [1.54, 1.807) is 41.5 Å². The Balaban J connectivity index is 2.14. The van der Waals surface area contributed by atoms with Gasteiger partial charge in [0.05, 0.1) is 12.0 Å². The van der Waals surface area contributed by atoms with Crippen LogP contribution in [0.15, 0.2) is 30.3 Å². The monoisotopic (exact) mass is 406 g/mol. The van der Waals surface area contributed by atoms with Crippen LogP contribution in [0.25, 0.3) is 0 Å². The molecule has 1 aromatic rings. The van der Waals surface area contributed by atoms with Gasteiger partial charge in [0, 0.05) is 6.42 Å². The van der Waals surface area contributed by atoms with Crippen LogP contribution in [0.3, 0.4) is 0 Å². The van der Waals surface area contributed by atoms with Crippen molar-refractivity contribution in [1.29, 1.82) is 0 Å². The molecule has 1 saturated heterocycles. The van der Waals surface area contributed by atoms with Gasteiger partial charge in [0.1, 0.15) is 12.2 Å². The van der Waals surface area contributed by atoms with Crippen LogP contribution in [0.5, 0.6) is 0 Å². The summed E-state index contributed by atoms with van der Waals surface area (Å²) in [4.78, 5) is 37.7. The summed E-state index contributed by atoms with van der Waals surface area (Å²) in [6, 6.07) is 9.21. The van der Waals surface area contributed by atoms with E-state index >= 15 is 0 Å². The molecule has 1 aromatic carbocycles. The van der Waals surface area contributed by atoms with Gasteiger partial charge in [-0.2, -0.15) is 5.01 Å². The Morgan fingerprint density at radius 1 is 1.00 bits per heavy atom. The van der Waals surface area contributed by atoms with E-state index in [2.05, 4.69) is 0 Å². The minimum atomic E-state index is -0.944. The fraction of sp³-hybridized carbons (Fsp3) is 0.571. The van der Waals surface area contributed by atoms with E-state index in [-0.39, 0.29) is 19.6 Å². The maximum atomic E-state index is 12.8. The van der Waals surface area contributed by atoms with Gasteiger partial charge in [-0.15, -0.1) is 0 Å². The van der Waals surface area contributed by atoms with Crippen LogP contribution in [-0.2, 0) is 25.6 Å². The van der Waals surface area contributed by atoms with Crippen molar-refractivity contribution >= 4 is 18.2 Å². The van der Waals surface area contributed by atoms with Gasteiger partial charge in [0.25, 0.3) is 0 Å². The second kappa shape index (κ2) is 8.71. The first-order valence-corrected chi connectivity index (χ1v) is 9.60. The quantitative estimate of drug-likeness (QED) is 0.555. The molecule has 0 radical (unpaired) electrons. The molecule has 160 valence electrons. The lowest BCUT2D eigenvalue weighted by molar-refractivity contribution is -0.172. The number of hydrogen-bond acceptors (Lipinski definition) is 6. The number of rotatable bonds is 3. The van der Waals surface area contributed by atoms with Crippen LogP contribution in [-0.4, -0.2) is 46.5 Å². The molecular weight excluding hydrogens is 376 g/mol. The molecule has 1 unspecified atom stereocenters. The van der Waals surface area contributed by atoms with Crippen molar-refractivity contribution in [2.45, 2.75) is 66.4 Å². The number of nitrogens with zero attached hydrogens (tertiary/aromatic N) is 2. The second-order valence-electron chi connectivity index (χ2n) is 8.89. The first kappa shape index (κ1) is 22.5. The Kier molecular flexibility index (Phi) is 6.77. The van der Waals surface area contributed by atoms with Crippen LogP contribution in [0.4, 0.5) is 9.59 Å². The highest BCUT2D eigenvalue weighted by Gasteiger charge is 2.44. The number of ether oxygens (including phenoxy) is 3. The molecule has 0 saturated carbocycles. The lowest BCUT2D eigenvalue weighted by Gasteiger charge is -2.33. The van der Waals surface area contributed by atoms with Gasteiger partial charge in [-0.1, -0.05) is 30.3 Å². The van der Waals surface area contributed by atoms with Crippen LogP contribution in [0, 0.1) is 5.41 Å². The lowest BCUT2D eigenvalue weighted by Crippen LogP contribution is -2.51. The summed E-state index contributed by atoms with van der Waals surface area (Å²) in [5.74, 6) is -0.476. The van der Waals surface area contributed by atoms with Crippen molar-refractivity contribution in [1.82, 2.24) is 10.0 Å². The Morgan fingerprint density at radius 2 is 1.62 bits per heavy atom. The Morgan fingerprint density at radius 3 is 2.17 bits per heavy atom. The summed E-state index contributed by atoms with van der Waals surface area (Å²) >= 11 is 0. The molecule has 1 aliphatic heterocycles. The number of carbonyl (C=O) groups is 3. The van der Waals surface area contributed by atoms with Gasteiger partial charge in [-0.3, -0.25) is 4.79 Å². The molecule has 8 heteroatoms. The SMILES string of the molecule is CC(C)(C)OC(=O)N1C(OC(=O)C(C)(C)C)CCN1C(=O)OCc1ccccc1. The molecule has 1 atom stereocenters. The Labute approximate surface area is 171 Å². The van der Waals surface area contributed by atoms with Crippen molar-refractivity contribution in [2.75, 3.05) is 6.54 Å². The predicted molar refractivity (Wildman–Crippen MR) is 105 cm³/mol. The van der Waals surface area contributed by atoms with Gasteiger partial charge in [0.15, 0.2) is 0 Å². The third-order valence-electron chi connectivity index (χ3n) is 3.97. The fourth-order valence-electron chi connectivity index (χ4n) is 2.53. The van der Waals surface area contributed by atoms with Crippen molar-refractivity contribution < 1.29 is 28.6 Å². The second-order valence-corrected chi connectivity index (χ2v) is 8.89. The average Bonchev–Trinajstić information content (AvgIpc) is 3.02. The zero-order valence-electron chi connectivity index (χ0n) is 17.9. The summed E-state index contributed by atoms with van der Waals surface area (Å²) < 4.78 is 16.3. The summed E-state index contributed by atoms with van der Waals surface area (Å²) in [5.41, 5.74) is -0.710. The molecule has 0 bridgehead atoms. The highest BCUT2D eigenvalue weighted by molar-refractivity contribution is 5.78. The average molecular weight is 406 g/mol. The predicted octanol–water partition coefficient (Wildman–Crippen LogP) is 4.10. The van der Waals surface area contributed by atoms with E-state index in [1.807, 2.05) is 30.3 Å². The minimum absolute atomic E-state index is 0.0603. The Bertz CT molecular complexity index is 736. The lowest BCUT2D eigenvalue weighted by atomic mass is 9.97. The molecule has 1 heterocycles. The van der Waals surface area contributed by atoms with Crippen LogP contribution < -0.4 is 0 Å². The number of hydrazine groups is 1. The van der Waals surface area contributed by atoms with Gasteiger partial charge in [-0.25, -0.2) is 14.6 Å². The smallest absolute Gasteiger partial charge is 0.432 e. The molecule has 29 heavy (non-hydrogen) atoms. The highest BCUT2D eigenvalue weighted by Crippen LogP contribution is 2.27. The standard InChI is InChI=1S/C21H30N2O6/c1-20(2,3)17(24)28-16-12-13-22(23(16)19(26)29-21(4,5)6)18(25)27-14-15-10-8-7-9-11-15/h7-11,16H,12-14H2,1-6H3. The van der Waals surface area contributed by atoms with Gasteiger partial charge in [-0.05, 0) is 47.1 Å². The summed E-state index contributed by atoms with van der Waals surface area (Å²) in [5, 5.41) is 2.15. The van der Waals surface area contributed by atoms with E-state index in [0.717, 1.165) is 15.6 Å². The van der Waals surface area contributed by atoms with Crippen LogP contribution >= 0.6 is 0 Å².